The molecule has 1 heterocycles. The quantitative estimate of drug-likeness (QED) is 0.914. The lowest BCUT2D eigenvalue weighted by Crippen LogP contribution is -2.13. The summed E-state index contributed by atoms with van der Waals surface area (Å²) in [5.41, 5.74) is 1.44. The van der Waals surface area contributed by atoms with E-state index in [0.29, 0.717) is 17.8 Å². The second-order valence-electron chi connectivity index (χ2n) is 4.84. The average Bonchev–Trinajstić information content (AvgIpc) is 2.55. The van der Waals surface area contributed by atoms with E-state index < -0.39 is 0 Å². The van der Waals surface area contributed by atoms with E-state index in [1.807, 2.05) is 38.1 Å². The van der Waals surface area contributed by atoms with Crippen LogP contribution in [0.1, 0.15) is 42.1 Å². The molecule has 2 rings (SSSR count). The average molecular weight is 282 g/mol. The minimum atomic E-state index is -0.200. The molecule has 0 bridgehead atoms. The van der Waals surface area contributed by atoms with E-state index in [9.17, 15) is 9.59 Å². The van der Waals surface area contributed by atoms with Crippen molar-refractivity contribution in [3.05, 3.63) is 59.8 Å². The number of pyridine rings is 1. The Morgan fingerprint density at radius 1 is 1.14 bits per heavy atom. The molecule has 0 aliphatic heterocycles. The molecule has 1 unspecified atom stereocenters. The monoisotopic (exact) mass is 282 g/mol. The highest BCUT2D eigenvalue weighted by Crippen LogP contribution is 2.18. The SMILES string of the molecule is CCC(=O)C(C)c1ccc(NC(=O)c2ccccc2)nc1. The van der Waals surface area contributed by atoms with Crippen molar-refractivity contribution in [2.24, 2.45) is 0 Å². The van der Waals surface area contributed by atoms with Crippen molar-refractivity contribution in [3.63, 3.8) is 0 Å². The second-order valence-corrected chi connectivity index (χ2v) is 4.84. The van der Waals surface area contributed by atoms with Gasteiger partial charge in [-0.1, -0.05) is 38.1 Å². The first-order chi connectivity index (χ1) is 10.1. The van der Waals surface area contributed by atoms with Crippen molar-refractivity contribution in [1.29, 1.82) is 0 Å². The van der Waals surface area contributed by atoms with Crippen molar-refractivity contribution in [1.82, 2.24) is 4.98 Å². The van der Waals surface area contributed by atoms with Crippen LogP contribution in [0.5, 0.6) is 0 Å². The van der Waals surface area contributed by atoms with Crippen LogP contribution in [-0.2, 0) is 4.79 Å². The van der Waals surface area contributed by atoms with E-state index in [1.54, 1.807) is 24.4 Å². The Balaban J connectivity index is 2.06. The number of anilines is 1. The predicted octanol–water partition coefficient (Wildman–Crippen LogP) is 3.42. The van der Waals surface area contributed by atoms with Gasteiger partial charge in [-0.15, -0.1) is 0 Å². The first-order valence-corrected chi connectivity index (χ1v) is 6.97. The van der Waals surface area contributed by atoms with Crippen LogP contribution in [-0.4, -0.2) is 16.7 Å². The van der Waals surface area contributed by atoms with Gasteiger partial charge in [-0.05, 0) is 23.8 Å². The van der Waals surface area contributed by atoms with Crippen LogP contribution in [0.25, 0.3) is 0 Å². The van der Waals surface area contributed by atoms with Crippen molar-refractivity contribution < 1.29 is 9.59 Å². The number of rotatable bonds is 5. The highest BCUT2D eigenvalue weighted by Gasteiger charge is 2.13. The lowest BCUT2D eigenvalue weighted by molar-refractivity contribution is -0.119. The Morgan fingerprint density at radius 2 is 1.86 bits per heavy atom. The van der Waals surface area contributed by atoms with E-state index >= 15 is 0 Å². The molecule has 0 fully saturated rings. The molecule has 0 radical (unpaired) electrons. The molecule has 4 nitrogen and oxygen atoms in total. The maximum absolute atomic E-state index is 12.0. The Morgan fingerprint density at radius 3 is 2.43 bits per heavy atom. The molecule has 0 spiro atoms. The summed E-state index contributed by atoms with van der Waals surface area (Å²) in [6, 6.07) is 12.5. The van der Waals surface area contributed by atoms with Gasteiger partial charge in [0.25, 0.3) is 5.91 Å². The predicted molar refractivity (Wildman–Crippen MR) is 82.3 cm³/mol. The van der Waals surface area contributed by atoms with E-state index in [2.05, 4.69) is 10.3 Å². The zero-order valence-electron chi connectivity index (χ0n) is 12.2. The summed E-state index contributed by atoms with van der Waals surface area (Å²) in [5, 5.41) is 2.73. The molecule has 1 aromatic heterocycles. The van der Waals surface area contributed by atoms with Gasteiger partial charge in [-0.2, -0.15) is 0 Å². The van der Waals surface area contributed by atoms with E-state index in [1.165, 1.54) is 0 Å². The normalized spacial score (nSPS) is 11.7. The third-order valence-electron chi connectivity index (χ3n) is 3.40. The molecule has 1 atom stereocenters. The van der Waals surface area contributed by atoms with Gasteiger partial charge in [-0.25, -0.2) is 4.98 Å². The molecule has 1 amide bonds. The van der Waals surface area contributed by atoms with E-state index in [-0.39, 0.29) is 17.6 Å². The maximum Gasteiger partial charge on any atom is 0.256 e. The maximum atomic E-state index is 12.0. The van der Waals surface area contributed by atoms with Crippen LogP contribution in [0.15, 0.2) is 48.7 Å². The fourth-order valence-electron chi connectivity index (χ4n) is 2.01. The smallest absolute Gasteiger partial charge is 0.256 e. The van der Waals surface area contributed by atoms with Crippen molar-refractivity contribution in [2.75, 3.05) is 5.32 Å². The Bertz CT molecular complexity index is 621. The first kappa shape index (κ1) is 14.9. The molecule has 0 aliphatic rings. The molecule has 0 aliphatic carbocycles. The number of Topliss-reactive ketones (excluding diaryl/α,β-unsaturated/α-hetero) is 1. The molecule has 1 N–H and O–H groups in total. The second kappa shape index (κ2) is 6.79. The van der Waals surface area contributed by atoms with Gasteiger partial charge >= 0.3 is 0 Å². The number of nitrogens with one attached hydrogen (secondary N) is 1. The summed E-state index contributed by atoms with van der Waals surface area (Å²) in [7, 11) is 0. The van der Waals surface area contributed by atoms with Gasteiger partial charge in [0, 0.05) is 24.1 Å². The van der Waals surface area contributed by atoms with Crippen LogP contribution >= 0.6 is 0 Å². The number of carbonyl (C=O) groups excluding carboxylic acids is 2. The van der Waals surface area contributed by atoms with E-state index in [4.69, 9.17) is 0 Å². The van der Waals surface area contributed by atoms with Gasteiger partial charge in [0.15, 0.2) is 0 Å². The van der Waals surface area contributed by atoms with Crippen LogP contribution in [0.4, 0.5) is 5.82 Å². The highest BCUT2D eigenvalue weighted by atomic mass is 16.1. The molecule has 2 aromatic rings. The molecule has 4 heteroatoms. The van der Waals surface area contributed by atoms with Gasteiger partial charge < -0.3 is 5.32 Å². The number of aromatic nitrogens is 1. The van der Waals surface area contributed by atoms with Crippen LogP contribution in [0.2, 0.25) is 0 Å². The molecule has 0 saturated carbocycles. The summed E-state index contributed by atoms with van der Waals surface area (Å²) in [6.07, 6.45) is 2.15. The number of ketones is 1. The summed E-state index contributed by atoms with van der Waals surface area (Å²) in [5.74, 6) is 0.288. The first-order valence-electron chi connectivity index (χ1n) is 6.97. The number of hydrogen-bond acceptors (Lipinski definition) is 3. The third kappa shape index (κ3) is 3.75. The standard InChI is InChI=1S/C17H18N2O2/c1-3-15(20)12(2)14-9-10-16(18-11-14)19-17(21)13-7-5-4-6-8-13/h4-12H,3H2,1-2H3,(H,18,19,21). The number of carbonyl (C=O) groups is 2. The number of amides is 1. The van der Waals surface area contributed by atoms with E-state index in [0.717, 1.165) is 5.56 Å². The lowest BCUT2D eigenvalue weighted by Gasteiger charge is -2.10. The fraction of sp³-hybridized carbons (Fsp3) is 0.235. The summed E-state index contributed by atoms with van der Waals surface area (Å²) < 4.78 is 0. The largest absolute Gasteiger partial charge is 0.307 e. The fourth-order valence-corrected chi connectivity index (χ4v) is 2.01. The van der Waals surface area contributed by atoms with Crippen molar-refractivity contribution >= 4 is 17.5 Å². The van der Waals surface area contributed by atoms with Crippen LogP contribution in [0.3, 0.4) is 0 Å². The highest BCUT2D eigenvalue weighted by molar-refractivity contribution is 6.03. The lowest BCUT2D eigenvalue weighted by atomic mass is 9.97. The molecular weight excluding hydrogens is 264 g/mol. The Hall–Kier alpha value is -2.49. The van der Waals surface area contributed by atoms with Crippen LogP contribution in [0, 0.1) is 0 Å². The zero-order valence-corrected chi connectivity index (χ0v) is 12.2. The minimum absolute atomic E-state index is 0.165. The molecule has 0 saturated heterocycles. The van der Waals surface area contributed by atoms with Gasteiger partial charge in [0.05, 0.1) is 0 Å². The van der Waals surface area contributed by atoms with Gasteiger partial charge in [0.2, 0.25) is 0 Å². The molecular formula is C17H18N2O2. The number of benzene rings is 1. The molecule has 21 heavy (non-hydrogen) atoms. The Kier molecular flexibility index (Phi) is 4.82. The summed E-state index contributed by atoms with van der Waals surface area (Å²) in [4.78, 5) is 27.8. The number of hydrogen-bond donors (Lipinski definition) is 1. The Labute approximate surface area is 124 Å². The summed E-state index contributed by atoms with van der Waals surface area (Å²) in [6.45, 7) is 3.71. The third-order valence-corrected chi connectivity index (χ3v) is 3.40. The van der Waals surface area contributed by atoms with Gasteiger partial charge in [-0.3, -0.25) is 9.59 Å². The van der Waals surface area contributed by atoms with Crippen molar-refractivity contribution in [3.8, 4) is 0 Å². The van der Waals surface area contributed by atoms with Crippen molar-refractivity contribution in [2.45, 2.75) is 26.2 Å². The minimum Gasteiger partial charge on any atom is -0.307 e. The van der Waals surface area contributed by atoms with Crippen LogP contribution < -0.4 is 5.32 Å². The molecule has 108 valence electrons. The molecule has 1 aromatic carbocycles. The topological polar surface area (TPSA) is 59.1 Å². The zero-order chi connectivity index (χ0) is 15.2. The van der Waals surface area contributed by atoms with Gasteiger partial charge in [0.1, 0.15) is 11.6 Å². The number of nitrogens with zero attached hydrogens (tertiary/aromatic N) is 1. The summed E-state index contributed by atoms with van der Waals surface area (Å²) >= 11 is 0.